The summed E-state index contributed by atoms with van der Waals surface area (Å²) in [4.78, 5) is 23.8. The number of rotatable bonds is 3. The third kappa shape index (κ3) is 4.24. The molecule has 5 heteroatoms. The number of methoxy groups -OCH3 is 1. The lowest BCUT2D eigenvalue weighted by molar-refractivity contribution is 0.0452. The van der Waals surface area contributed by atoms with Gasteiger partial charge in [0.2, 0.25) is 0 Å². The van der Waals surface area contributed by atoms with Crippen molar-refractivity contribution >= 4 is 12.1 Å². The predicted octanol–water partition coefficient (Wildman–Crippen LogP) is 3.77. The number of carbonyl (C=O) groups excluding carboxylic acids is 2. The molecule has 2 rings (SSSR count). The molecule has 1 saturated carbocycles. The van der Waals surface area contributed by atoms with Crippen molar-refractivity contribution in [2.75, 3.05) is 7.11 Å². The molecule has 1 aliphatic carbocycles. The SMILES string of the molecule is COC(=O)c1ccc(C2(NC(=O)OC(C)(C)C)CCCC2)cc1. The maximum atomic E-state index is 12.2. The zero-order valence-electron chi connectivity index (χ0n) is 14.3. The van der Waals surface area contributed by atoms with Gasteiger partial charge in [0, 0.05) is 0 Å². The second kappa shape index (κ2) is 6.60. The monoisotopic (exact) mass is 319 g/mol. The molecular weight excluding hydrogens is 294 g/mol. The van der Waals surface area contributed by atoms with E-state index in [0.717, 1.165) is 31.2 Å². The van der Waals surface area contributed by atoms with Crippen LogP contribution in [0.5, 0.6) is 0 Å². The molecule has 5 nitrogen and oxygen atoms in total. The molecule has 1 N–H and O–H groups in total. The van der Waals surface area contributed by atoms with Crippen molar-refractivity contribution in [1.82, 2.24) is 5.32 Å². The van der Waals surface area contributed by atoms with E-state index in [1.165, 1.54) is 7.11 Å². The first kappa shape index (κ1) is 17.3. The number of esters is 1. The highest BCUT2D eigenvalue weighted by Gasteiger charge is 2.38. The maximum absolute atomic E-state index is 12.2. The highest BCUT2D eigenvalue weighted by molar-refractivity contribution is 5.89. The van der Waals surface area contributed by atoms with E-state index in [1.54, 1.807) is 12.1 Å². The number of hydrogen-bond acceptors (Lipinski definition) is 4. The van der Waals surface area contributed by atoms with Crippen LogP contribution < -0.4 is 5.32 Å². The van der Waals surface area contributed by atoms with Crippen LogP contribution in [-0.2, 0) is 15.0 Å². The Kier molecular flexibility index (Phi) is 4.97. The fraction of sp³-hybridized carbons (Fsp3) is 0.556. The zero-order valence-corrected chi connectivity index (χ0v) is 14.3. The third-order valence-electron chi connectivity index (χ3n) is 4.06. The van der Waals surface area contributed by atoms with Crippen molar-refractivity contribution in [3.63, 3.8) is 0 Å². The topological polar surface area (TPSA) is 64.6 Å². The van der Waals surface area contributed by atoms with Crippen LogP contribution in [0.4, 0.5) is 4.79 Å². The van der Waals surface area contributed by atoms with E-state index in [4.69, 9.17) is 9.47 Å². The molecule has 0 saturated heterocycles. The molecule has 0 unspecified atom stereocenters. The molecule has 1 amide bonds. The molecule has 1 aromatic carbocycles. The lowest BCUT2D eigenvalue weighted by atomic mass is 9.88. The Morgan fingerprint density at radius 2 is 1.65 bits per heavy atom. The van der Waals surface area contributed by atoms with Crippen LogP contribution in [0.2, 0.25) is 0 Å². The van der Waals surface area contributed by atoms with Crippen molar-refractivity contribution < 1.29 is 19.1 Å². The van der Waals surface area contributed by atoms with Crippen molar-refractivity contribution in [2.24, 2.45) is 0 Å². The molecule has 23 heavy (non-hydrogen) atoms. The molecule has 0 atom stereocenters. The highest BCUT2D eigenvalue weighted by Crippen LogP contribution is 2.39. The summed E-state index contributed by atoms with van der Waals surface area (Å²) >= 11 is 0. The minimum Gasteiger partial charge on any atom is -0.465 e. The minimum absolute atomic E-state index is 0.364. The van der Waals surface area contributed by atoms with Crippen LogP contribution in [0, 0.1) is 0 Å². The Hall–Kier alpha value is -2.04. The van der Waals surface area contributed by atoms with E-state index in [1.807, 2.05) is 32.9 Å². The van der Waals surface area contributed by atoms with Gasteiger partial charge in [0.05, 0.1) is 18.2 Å². The Bertz CT molecular complexity index is 566. The Morgan fingerprint density at radius 1 is 1.09 bits per heavy atom. The summed E-state index contributed by atoms with van der Waals surface area (Å²) in [7, 11) is 1.36. The van der Waals surface area contributed by atoms with E-state index < -0.39 is 17.2 Å². The van der Waals surface area contributed by atoms with Crippen LogP contribution in [0.15, 0.2) is 24.3 Å². The number of amides is 1. The molecule has 126 valence electrons. The summed E-state index contributed by atoms with van der Waals surface area (Å²) in [5.41, 5.74) is 0.547. The lowest BCUT2D eigenvalue weighted by Crippen LogP contribution is -2.46. The molecule has 0 aliphatic heterocycles. The fourth-order valence-electron chi connectivity index (χ4n) is 3.01. The van der Waals surface area contributed by atoms with Crippen LogP contribution in [-0.4, -0.2) is 24.8 Å². The molecule has 0 radical (unpaired) electrons. The van der Waals surface area contributed by atoms with Gasteiger partial charge in [0.15, 0.2) is 0 Å². The van der Waals surface area contributed by atoms with E-state index in [2.05, 4.69) is 5.32 Å². The Labute approximate surface area is 137 Å². The van der Waals surface area contributed by atoms with Crippen LogP contribution in [0.25, 0.3) is 0 Å². The molecule has 1 aliphatic rings. The Morgan fingerprint density at radius 3 is 2.13 bits per heavy atom. The maximum Gasteiger partial charge on any atom is 0.408 e. The average molecular weight is 319 g/mol. The second-order valence-electron chi connectivity index (χ2n) is 6.99. The standard InChI is InChI=1S/C18H25NO4/c1-17(2,3)23-16(21)19-18(11-5-6-12-18)14-9-7-13(8-10-14)15(20)22-4/h7-10H,5-6,11-12H2,1-4H3,(H,19,21). The third-order valence-corrected chi connectivity index (χ3v) is 4.06. The van der Waals surface area contributed by atoms with Crippen molar-refractivity contribution in [2.45, 2.75) is 57.6 Å². The van der Waals surface area contributed by atoms with E-state index in [0.29, 0.717) is 5.56 Å². The van der Waals surface area contributed by atoms with Gasteiger partial charge >= 0.3 is 12.1 Å². The quantitative estimate of drug-likeness (QED) is 0.861. The van der Waals surface area contributed by atoms with Gasteiger partial charge < -0.3 is 14.8 Å². The molecular formula is C18H25NO4. The van der Waals surface area contributed by atoms with Gasteiger partial charge in [0.25, 0.3) is 0 Å². The first-order valence-electron chi connectivity index (χ1n) is 7.96. The van der Waals surface area contributed by atoms with Gasteiger partial charge in [-0.15, -0.1) is 0 Å². The molecule has 0 spiro atoms. The molecule has 1 aromatic rings. The average Bonchev–Trinajstić information content (AvgIpc) is 2.94. The summed E-state index contributed by atoms with van der Waals surface area (Å²) in [5.74, 6) is -0.364. The lowest BCUT2D eigenvalue weighted by Gasteiger charge is -2.32. The largest absolute Gasteiger partial charge is 0.465 e. The molecule has 0 bridgehead atoms. The number of ether oxygens (including phenoxy) is 2. The summed E-state index contributed by atoms with van der Waals surface area (Å²) < 4.78 is 10.1. The van der Waals surface area contributed by atoms with Gasteiger partial charge in [0.1, 0.15) is 5.60 Å². The molecule has 1 fully saturated rings. The predicted molar refractivity (Wildman–Crippen MR) is 87.3 cm³/mol. The summed E-state index contributed by atoms with van der Waals surface area (Å²) in [5, 5.41) is 3.05. The number of hydrogen-bond donors (Lipinski definition) is 1. The zero-order chi connectivity index (χ0) is 17.1. The van der Waals surface area contributed by atoms with Crippen LogP contribution in [0.1, 0.15) is 62.4 Å². The van der Waals surface area contributed by atoms with E-state index >= 15 is 0 Å². The fourth-order valence-corrected chi connectivity index (χ4v) is 3.01. The molecule has 0 aromatic heterocycles. The smallest absolute Gasteiger partial charge is 0.408 e. The van der Waals surface area contributed by atoms with Gasteiger partial charge in [-0.05, 0) is 51.3 Å². The minimum atomic E-state index is -0.529. The molecule has 0 heterocycles. The first-order chi connectivity index (χ1) is 10.8. The van der Waals surface area contributed by atoms with Crippen molar-refractivity contribution in [3.8, 4) is 0 Å². The summed E-state index contributed by atoms with van der Waals surface area (Å²) in [6.07, 6.45) is 3.42. The highest BCUT2D eigenvalue weighted by atomic mass is 16.6. The summed E-state index contributed by atoms with van der Waals surface area (Å²) in [6.45, 7) is 5.54. The van der Waals surface area contributed by atoms with Gasteiger partial charge in [-0.2, -0.15) is 0 Å². The van der Waals surface area contributed by atoms with Gasteiger partial charge in [-0.3, -0.25) is 0 Å². The normalized spacial score (nSPS) is 16.7. The number of alkyl carbamates (subject to hydrolysis) is 1. The van der Waals surface area contributed by atoms with Crippen molar-refractivity contribution in [1.29, 1.82) is 0 Å². The van der Waals surface area contributed by atoms with E-state index in [-0.39, 0.29) is 5.97 Å². The van der Waals surface area contributed by atoms with Crippen LogP contribution >= 0.6 is 0 Å². The second-order valence-corrected chi connectivity index (χ2v) is 6.99. The first-order valence-corrected chi connectivity index (χ1v) is 7.96. The van der Waals surface area contributed by atoms with Gasteiger partial charge in [-0.1, -0.05) is 25.0 Å². The Balaban J connectivity index is 2.20. The number of carbonyl (C=O) groups is 2. The number of nitrogens with one attached hydrogen (secondary N) is 1. The van der Waals surface area contributed by atoms with Gasteiger partial charge in [-0.25, -0.2) is 9.59 Å². The number of benzene rings is 1. The van der Waals surface area contributed by atoms with E-state index in [9.17, 15) is 9.59 Å². The van der Waals surface area contributed by atoms with Crippen LogP contribution in [0.3, 0.4) is 0 Å². The summed E-state index contributed by atoms with van der Waals surface area (Å²) in [6, 6.07) is 7.24. The van der Waals surface area contributed by atoms with Crippen molar-refractivity contribution in [3.05, 3.63) is 35.4 Å².